The third-order valence-corrected chi connectivity index (χ3v) is 4.33. The molecule has 7 heteroatoms. The summed E-state index contributed by atoms with van der Waals surface area (Å²) in [7, 11) is 0. The normalized spacial score (nSPS) is 23.0. The Morgan fingerprint density at radius 1 is 1.45 bits per heavy atom. The van der Waals surface area contributed by atoms with Crippen molar-refractivity contribution in [1.29, 1.82) is 0 Å². The average Bonchev–Trinajstić information content (AvgIpc) is 2.88. The SMILES string of the molecule is FC(F)Oc1cc(CNCNC2COC3(CCC3)C2)ccn1. The minimum absolute atomic E-state index is 0.0571. The highest BCUT2D eigenvalue weighted by molar-refractivity contribution is 5.20. The van der Waals surface area contributed by atoms with Crippen molar-refractivity contribution in [3.63, 3.8) is 0 Å². The van der Waals surface area contributed by atoms with E-state index in [1.165, 1.54) is 31.5 Å². The molecule has 1 aromatic rings. The van der Waals surface area contributed by atoms with Crippen LogP contribution in [0.25, 0.3) is 0 Å². The molecule has 0 amide bonds. The summed E-state index contributed by atoms with van der Waals surface area (Å²) in [6, 6.07) is 3.68. The van der Waals surface area contributed by atoms with Gasteiger partial charge in [-0.1, -0.05) is 0 Å². The van der Waals surface area contributed by atoms with Crippen LogP contribution < -0.4 is 15.4 Å². The monoisotopic (exact) mass is 313 g/mol. The lowest BCUT2D eigenvalue weighted by molar-refractivity contribution is -0.0563. The maximum Gasteiger partial charge on any atom is 0.388 e. The van der Waals surface area contributed by atoms with Crippen LogP contribution in [0, 0.1) is 0 Å². The summed E-state index contributed by atoms with van der Waals surface area (Å²) in [5.41, 5.74) is 1.01. The molecule has 1 aliphatic carbocycles. The van der Waals surface area contributed by atoms with Crippen molar-refractivity contribution in [2.24, 2.45) is 0 Å². The zero-order valence-corrected chi connectivity index (χ0v) is 12.4. The van der Waals surface area contributed by atoms with E-state index in [9.17, 15) is 8.78 Å². The minimum Gasteiger partial charge on any atom is -0.417 e. The van der Waals surface area contributed by atoms with E-state index < -0.39 is 6.61 Å². The van der Waals surface area contributed by atoms with E-state index in [-0.39, 0.29) is 11.5 Å². The Hall–Kier alpha value is -1.31. The molecule has 2 N–H and O–H groups in total. The van der Waals surface area contributed by atoms with Crippen molar-refractivity contribution >= 4 is 0 Å². The lowest BCUT2D eigenvalue weighted by Crippen LogP contribution is -2.40. The van der Waals surface area contributed by atoms with Crippen LogP contribution in [-0.2, 0) is 11.3 Å². The van der Waals surface area contributed by atoms with Gasteiger partial charge < -0.3 is 14.8 Å². The molecular formula is C15H21F2N3O2. The molecule has 3 rings (SSSR count). The first-order valence-electron chi connectivity index (χ1n) is 7.63. The molecule has 122 valence electrons. The first-order valence-corrected chi connectivity index (χ1v) is 7.63. The number of pyridine rings is 1. The van der Waals surface area contributed by atoms with E-state index in [2.05, 4.69) is 20.4 Å². The van der Waals surface area contributed by atoms with Gasteiger partial charge in [-0.3, -0.25) is 5.32 Å². The van der Waals surface area contributed by atoms with Gasteiger partial charge in [0.1, 0.15) is 0 Å². The molecule has 1 unspecified atom stereocenters. The molecule has 2 aliphatic rings. The van der Waals surface area contributed by atoms with Crippen LogP contribution in [0.5, 0.6) is 5.88 Å². The van der Waals surface area contributed by atoms with Crippen LogP contribution in [0.1, 0.15) is 31.2 Å². The third kappa shape index (κ3) is 3.91. The molecule has 1 aliphatic heterocycles. The van der Waals surface area contributed by atoms with Gasteiger partial charge in [-0.2, -0.15) is 8.78 Å². The van der Waals surface area contributed by atoms with Crippen molar-refractivity contribution in [1.82, 2.24) is 15.6 Å². The summed E-state index contributed by atoms with van der Waals surface area (Å²) < 4.78 is 34.4. The topological polar surface area (TPSA) is 55.4 Å². The number of ether oxygens (including phenoxy) is 2. The van der Waals surface area contributed by atoms with E-state index in [4.69, 9.17) is 4.74 Å². The van der Waals surface area contributed by atoms with Crippen molar-refractivity contribution in [2.75, 3.05) is 13.3 Å². The van der Waals surface area contributed by atoms with E-state index in [0.717, 1.165) is 18.6 Å². The van der Waals surface area contributed by atoms with Crippen LogP contribution in [0.15, 0.2) is 18.3 Å². The zero-order valence-electron chi connectivity index (χ0n) is 12.4. The number of aromatic nitrogens is 1. The summed E-state index contributed by atoms with van der Waals surface area (Å²) in [5, 5.41) is 6.65. The molecule has 22 heavy (non-hydrogen) atoms. The van der Waals surface area contributed by atoms with Gasteiger partial charge in [-0.05, 0) is 37.3 Å². The minimum atomic E-state index is -2.85. The zero-order chi connectivity index (χ0) is 15.4. The molecule has 2 fully saturated rings. The summed E-state index contributed by atoms with van der Waals surface area (Å²) in [5.74, 6) is -0.0571. The molecule has 0 radical (unpaired) electrons. The second kappa shape index (κ2) is 6.85. The predicted molar refractivity (Wildman–Crippen MR) is 76.7 cm³/mol. The molecule has 2 heterocycles. The van der Waals surface area contributed by atoms with Crippen LogP contribution in [0.3, 0.4) is 0 Å². The predicted octanol–water partition coefficient (Wildman–Crippen LogP) is 2.03. The maximum atomic E-state index is 12.1. The summed E-state index contributed by atoms with van der Waals surface area (Å²) in [6.07, 6.45) is 6.19. The van der Waals surface area contributed by atoms with E-state index in [1.807, 2.05) is 0 Å². The summed E-state index contributed by atoms with van der Waals surface area (Å²) in [4.78, 5) is 3.74. The second-order valence-corrected chi connectivity index (χ2v) is 5.94. The first kappa shape index (κ1) is 15.6. The highest BCUT2D eigenvalue weighted by Gasteiger charge is 2.44. The molecule has 1 aromatic heterocycles. The molecule has 0 aromatic carbocycles. The van der Waals surface area contributed by atoms with Crippen LogP contribution >= 0.6 is 0 Å². The highest BCUT2D eigenvalue weighted by Crippen LogP contribution is 2.43. The summed E-state index contributed by atoms with van der Waals surface area (Å²) >= 11 is 0. The van der Waals surface area contributed by atoms with Gasteiger partial charge in [0.05, 0.1) is 12.2 Å². The van der Waals surface area contributed by atoms with Gasteiger partial charge in [0.15, 0.2) is 0 Å². The van der Waals surface area contributed by atoms with Crippen molar-refractivity contribution in [3.8, 4) is 5.88 Å². The Bertz CT molecular complexity index is 497. The number of halogens is 2. The summed E-state index contributed by atoms with van der Waals surface area (Å²) in [6.45, 7) is -0.868. The van der Waals surface area contributed by atoms with Gasteiger partial charge in [-0.25, -0.2) is 4.98 Å². The van der Waals surface area contributed by atoms with Gasteiger partial charge in [0.25, 0.3) is 0 Å². The average molecular weight is 313 g/mol. The number of nitrogens with zero attached hydrogens (tertiary/aromatic N) is 1. The number of nitrogens with one attached hydrogen (secondary N) is 2. The first-order chi connectivity index (χ1) is 10.7. The molecular weight excluding hydrogens is 292 g/mol. The number of hydrogen-bond donors (Lipinski definition) is 2. The highest BCUT2D eigenvalue weighted by atomic mass is 19.3. The van der Waals surface area contributed by atoms with Gasteiger partial charge in [0, 0.05) is 31.5 Å². The Labute approximate surface area is 128 Å². The maximum absolute atomic E-state index is 12.1. The lowest BCUT2D eigenvalue weighted by atomic mass is 9.77. The van der Waals surface area contributed by atoms with E-state index >= 15 is 0 Å². The van der Waals surface area contributed by atoms with E-state index in [0.29, 0.717) is 19.3 Å². The number of hydrogen-bond acceptors (Lipinski definition) is 5. The Balaban J connectivity index is 1.36. The molecule has 1 saturated heterocycles. The number of rotatable bonds is 7. The van der Waals surface area contributed by atoms with Crippen LogP contribution in [0.4, 0.5) is 8.78 Å². The fourth-order valence-electron chi connectivity index (χ4n) is 3.03. The van der Waals surface area contributed by atoms with Crippen LogP contribution in [0.2, 0.25) is 0 Å². The van der Waals surface area contributed by atoms with Gasteiger partial charge in [0.2, 0.25) is 5.88 Å². The Morgan fingerprint density at radius 3 is 3.00 bits per heavy atom. The van der Waals surface area contributed by atoms with Crippen molar-refractivity contribution in [2.45, 2.75) is 50.5 Å². The Morgan fingerprint density at radius 2 is 2.32 bits per heavy atom. The van der Waals surface area contributed by atoms with E-state index in [1.54, 1.807) is 6.07 Å². The second-order valence-electron chi connectivity index (χ2n) is 5.94. The van der Waals surface area contributed by atoms with Gasteiger partial charge >= 0.3 is 6.61 Å². The standard InChI is InChI=1S/C15H21F2N3O2/c16-14(17)22-13-6-11(2-5-19-13)8-18-10-20-12-7-15(21-9-12)3-1-4-15/h2,5-6,12,14,18,20H,1,3-4,7-10H2. The quantitative estimate of drug-likeness (QED) is 0.596. The van der Waals surface area contributed by atoms with Gasteiger partial charge in [-0.15, -0.1) is 0 Å². The molecule has 1 spiro atoms. The molecule has 1 saturated carbocycles. The van der Waals surface area contributed by atoms with Crippen molar-refractivity contribution in [3.05, 3.63) is 23.9 Å². The van der Waals surface area contributed by atoms with Crippen molar-refractivity contribution < 1.29 is 18.3 Å². The Kier molecular flexibility index (Phi) is 4.85. The molecule has 1 atom stereocenters. The third-order valence-electron chi connectivity index (χ3n) is 4.33. The van der Waals surface area contributed by atoms with Crippen LogP contribution in [-0.4, -0.2) is 36.5 Å². The smallest absolute Gasteiger partial charge is 0.388 e. The fraction of sp³-hybridized carbons (Fsp3) is 0.667. The largest absolute Gasteiger partial charge is 0.417 e. The number of alkyl halides is 2. The fourth-order valence-corrected chi connectivity index (χ4v) is 3.03. The molecule has 5 nitrogen and oxygen atoms in total. The lowest BCUT2D eigenvalue weighted by Gasteiger charge is -2.37. The molecule has 0 bridgehead atoms.